The van der Waals surface area contributed by atoms with E-state index in [9.17, 15) is 4.79 Å². The van der Waals surface area contributed by atoms with Gasteiger partial charge in [0.1, 0.15) is 0 Å². The van der Waals surface area contributed by atoms with Crippen molar-refractivity contribution in [2.24, 2.45) is 5.92 Å². The molecule has 2 fully saturated rings. The molecule has 6 heteroatoms. The molecule has 0 aromatic carbocycles. The van der Waals surface area contributed by atoms with Gasteiger partial charge >= 0.3 is 5.97 Å². The highest BCUT2D eigenvalue weighted by Crippen LogP contribution is 2.37. The third-order valence-corrected chi connectivity index (χ3v) is 6.50. The average molecular weight is 376 g/mol. The summed E-state index contributed by atoms with van der Waals surface area (Å²) in [4.78, 5) is 17.8. The predicted octanol–water partition coefficient (Wildman–Crippen LogP) is 3.40. The lowest BCUT2D eigenvalue weighted by Gasteiger charge is -2.44. The Morgan fingerprint density at radius 2 is 1.93 bits per heavy atom. The van der Waals surface area contributed by atoms with Gasteiger partial charge in [0.2, 0.25) is 0 Å². The fourth-order valence-corrected chi connectivity index (χ4v) is 4.72. The number of ether oxygens (including phenoxy) is 1. The number of methoxy groups -OCH3 is 1. The van der Waals surface area contributed by atoms with E-state index in [0.29, 0.717) is 6.04 Å². The van der Waals surface area contributed by atoms with Crippen LogP contribution in [0.4, 0.5) is 5.69 Å². The summed E-state index contributed by atoms with van der Waals surface area (Å²) in [6, 6.07) is 4.62. The highest BCUT2D eigenvalue weighted by molar-refractivity contribution is 5.68. The lowest BCUT2D eigenvalue weighted by molar-refractivity contribution is -0.147. The Morgan fingerprint density at radius 3 is 2.52 bits per heavy atom. The lowest BCUT2D eigenvalue weighted by atomic mass is 9.78. The Bertz CT molecular complexity index is 580. The van der Waals surface area contributed by atoms with Crippen molar-refractivity contribution in [3.05, 3.63) is 24.5 Å². The van der Waals surface area contributed by atoms with Gasteiger partial charge in [0.25, 0.3) is 0 Å². The van der Waals surface area contributed by atoms with Gasteiger partial charge in [0, 0.05) is 37.8 Å². The van der Waals surface area contributed by atoms with E-state index in [1.165, 1.54) is 32.4 Å². The first-order valence-electron chi connectivity index (χ1n) is 10.3. The molecule has 27 heavy (non-hydrogen) atoms. The molecule has 0 amide bonds. The molecule has 0 radical (unpaired) electrons. The largest absolute Gasteiger partial charge is 0.481 e. The second-order valence-electron chi connectivity index (χ2n) is 8.12. The number of likely N-dealkylation sites (tertiary alicyclic amines) is 1. The number of rotatable bonds is 8. The van der Waals surface area contributed by atoms with E-state index in [1.54, 1.807) is 7.11 Å². The van der Waals surface area contributed by atoms with Gasteiger partial charge in [0.15, 0.2) is 0 Å². The van der Waals surface area contributed by atoms with Gasteiger partial charge in [-0.15, -0.1) is 0 Å². The summed E-state index contributed by atoms with van der Waals surface area (Å²) in [6.07, 6.45) is 11.3. The first kappa shape index (κ1) is 20.1. The van der Waals surface area contributed by atoms with Crippen LogP contribution in [0.15, 0.2) is 24.5 Å². The number of piperidine rings is 1. The summed E-state index contributed by atoms with van der Waals surface area (Å²) in [5.74, 6) is 0.0424. The van der Waals surface area contributed by atoms with Crippen molar-refractivity contribution in [3.63, 3.8) is 0 Å². The highest BCUT2D eigenvalue weighted by Gasteiger charge is 2.39. The molecule has 6 nitrogen and oxygen atoms in total. The predicted molar refractivity (Wildman–Crippen MR) is 106 cm³/mol. The van der Waals surface area contributed by atoms with Crippen LogP contribution >= 0.6 is 0 Å². The van der Waals surface area contributed by atoms with Crippen molar-refractivity contribution >= 4 is 11.7 Å². The summed E-state index contributed by atoms with van der Waals surface area (Å²) < 4.78 is 5.61. The standard InChI is InChI=1S/C21H33N3O3/c1-27-21(16-20(25)26)9-2-19(3-10-21)24-14-7-17(8-15-24)4-13-23-18-5-11-22-12-6-18/h5-6,11-12,17,19H,2-4,7-10,13-16H2,1H3,(H,22,23)(H,25,26). The topological polar surface area (TPSA) is 74.7 Å². The monoisotopic (exact) mass is 375 g/mol. The minimum atomic E-state index is -0.753. The van der Waals surface area contributed by atoms with Crippen LogP contribution < -0.4 is 5.32 Å². The first-order chi connectivity index (χ1) is 13.1. The number of aromatic nitrogens is 1. The molecule has 0 bridgehead atoms. The van der Waals surface area contributed by atoms with Crippen molar-refractivity contribution in [1.82, 2.24) is 9.88 Å². The first-order valence-corrected chi connectivity index (χ1v) is 10.3. The third-order valence-electron chi connectivity index (χ3n) is 6.50. The van der Waals surface area contributed by atoms with E-state index in [-0.39, 0.29) is 6.42 Å². The summed E-state index contributed by atoms with van der Waals surface area (Å²) >= 11 is 0. The number of aliphatic carboxylic acids is 1. The van der Waals surface area contributed by atoms with E-state index in [2.05, 4.69) is 15.2 Å². The van der Waals surface area contributed by atoms with Crippen LogP contribution in [0, 0.1) is 5.92 Å². The fraction of sp³-hybridized carbons (Fsp3) is 0.714. The Labute approximate surface area is 162 Å². The Kier molecular flexibility index (Phi) is 7.07. The second kappa shape index (κ2) is 9.51. The van der Waals surface area contributed by atoms with Crippen LogP contribution in [0.5, 0.6) is 0 Å². The molecule has 2 heterocycles. The molecular formula is C21H33N3O3. The van der Waals surface area contributed by atoms with Crippen molar-refractivity contribution in [1.29, 1.82) is 0 Å². The maximum atomic E-state index is 11.1. The smallest absolute Gasteiger partial charge is 0.306 e. The van der Waals surface area contributed by atoms with Crippen LogP contribution in [-0.2, 0) is 9.53 Å². The fourth-order valence-electron chi connectivity index (χ4n) is 4.72. The van der Waals surface area contributed by atoms with E-state index in [4.69, 9.17) is 9.84 Å². The summed E-state index contributed by atoms with van der Waals surface area (Å²) in [5.41, 5.74) is 0.701. The number of pyridine rings is 1. The SMILES string of the molecule is COC1(CC(=O)O)CCC(N2CCC(CCNc3ccncc3)CC2)CC1. The van der Waals surface area contributed by atoms with Crippen LogP contribution in [-0.4, -0.2) is 59.3 Å². The number of nitrogens with one attached hydrogen (secondary N) is 1. The number of carboxylic acid groups (broad SMARTS) is 1. The number of carboxylic acids is 1. The number of anilines is 1. The molecule has 1 saturated carbocycles. The molecule has 2 aliphatic rings. The lowest BCUT2D eigenvalue weighted by Crippen LogP contribution is -2.48. The van der Waals surface area contributed by atoms with Crippen LogP contribution in [0.3, 0.4) is 0 Å². The molecule has 1 saturated heterocycles. The van der Waals surface area contributed by atoms with E-state index >= 15 is 0 Å². The van der Waals surface area contributed by atoms with E-state index < -0.39 is 11.6 Å². The summed E-state index contributed by atoms with van der Waals surface area (Å²) in [5, 5.41) is 12.6. The molecule has 1 aliphatic heterocycles. The van der Waals surface area contributed by atoms with Gasteiger partial charge in [-0.3, -0.25) is 9.78 Å². The maximum Gasteiger partial charge on any atom is 0.306 e. The van der Waals surface area contributed by atoms with Crippen molar-refractivity contribution in [2.75, 3.05) is 32.1 Å². The number of hydrogen-bond acceptors (Lipinski definition) is 5. The van der Waals surface area contributed by atoms with Crippen molar-refractivity contribution < 1.29 is 14.6 Å². The molecule has 1 aromatic heterocycles. The Morgan fingerprint density at radius 1 is 1.26 bits per heavy atom. The van der Waals surface area contributed by atoms with E-state index in [0.717, 1.165) is 43.8 Å². The zero-order chi connectivity index (χ0) is 19.1. The molecule has 1 aliphatic carbocycles. The molecule has 2 N–H and O–H groups in total. The van der Waals surface area contributed by atoms with Gasteiger partial charge in [-0.1, -0.05) is 0 Å². The molecule has 1 aromatic rings. The number of carbonyl (C=O) groups is 1. The van der Waals surface area contributed by atoms with Crippen molar-refractivity contribution in [2.45, 2.75) is 63.0 Å². The number of nitrogens with zero attached hydrogens (tertiary/aromatic N) is 2. The van der Waals surface area contributed by atoms with Gasteiger partial charge in [0.05, 0.1) is 12.0 Å². The van der Waals surface area contributed by atoms with Crippen molar-refractivity contribution in [3.8, 4) is 0 Å². The van der Waals surface area contributed by atoms with Gasteiger partial charge < -0.3 is 20.1 Å². The zero-order valence-electron chi connectivity index (χ0n) is 16.4. The van der Waals surface area contributed by atoms with Crippen LogP contribution in [0.2, 0.25) is 0 Å². The number of hydrogen-bond donors (Lipinski definition) is 2. The van der Waals surface area contributed by atoms with Gasteiger partial charge in [-0.2, -0.15) is 0 Å². The zero-order valence-corrected chi connectivity index (χ0v) is 16.4. The highest BCUT2D eigenvalue weighted by atomic mass is 16.5. The maximum absolute atomic E-state index is 11.1. The van der Waals surface area contributed by atoms with Gasteiger partial charge in [-0.05, 0) is 76.1 Å². The Balaban J connectivity index is 1.36. The van der Waals surface area contributed by atoms with Crippen LogP contribution in [0.1, 0.15) is 51.4 Å². The Hall–Kier alpha value is -1.66. The molecule has 0 spiro atoms. The molecule has 150 valence electrons. The normalized spacial score (nSPS) is 27.4. The minimum absolute atomic E-state index is 0.128. The summed E-state index contributed by atoms with van der Waals surface area (Å²) in [6.45, 7) is 3.36. The molecule has 3 rings (SSSR count). The molecule has 0 unspecified atom stereocenters. The third kappa shape index (κ3) is 5.66. The summed E-state index contributed by atoms with van der Waals surface area (Å²) in [7, 11) is 1.66. The molecular weight excluding hydrogens is 342 g/mol. The minimum Gasteiger partial charge on any atom is -0.481 e. The average Bonchev–Trinajstić information content (AvgIpc) is 2.69. The van der Waals surface area contributed by atoms with Crippen LogP contribution in [0.25, 0.3) is 0 Å². The van der Waals surface area contributed by atoms with E-state index in [1.807, 2.05) is 24.5 Å². The second-order valence-corrected chi connectivity index (χ2v) is 8.12. The molecule has 0 atom stereocenters. The van der Waals surface area contributed by atoms with Gasteiger partial charge in [-0.25, -0.2) is 0 Å². The quantitative estimate of drug-likeness (QED) is 0.725.